The van der Waals surface area contributed by atoms with Gasteiger partial charge in [0, 0.05) is 30.5 Å². The molecule has 0 saturated heterocycles. The zero-order valence-corrected chi connectivity index (χ0v) is 18.7. The summed E-state index contributed by atoms with van der Waals surface area (Å²) in [7, 11) is 0. The van der Waals surface area contributed by atoms with Gasteiger partial charge >= 0.3 is 5.97 Å². The molecule has 0 fully saturated rings. The van der Waals surface area contributed by atoms with Crippen LogP contribution in [-0.4, -0.2) is 39.0 Å². The molecule has 1 aliphatic rings. The molecule has 1 atom stereocenters. The molecular weight excluding hydrogens is 398 g/mol. The minimum atomic E-state index is -0.700. The summed E-state index contributed by atoms with van der Waals surface area (Å²) in [6, 6.07) is 20.9. The highest BCUT2D eigenvalue weighted by Gasteiger charge is 2.28. The highest BCUT2D eigenvalue weighted by molar-refractivity contribution is 5.78. The third kappa shape index (κ3) is 5.22. The van der Waals surface area contributed by atoms with Crippen LogP contribution >= 0.6 is 0 Å². The van der Waals surface area contributed by atoms with Crippen molar-refractivity contribution in [2.24, 2.45) is 0 Å². The molecule has 4 rings (SSSR count). The van der Waals surface area contributed by atoms with Gasteiger partial charge in [-0.1, -0.05) is 73.5 Å². The second-order valence-corrected chi connectivity index (χ2v) is 8.50. The summed E-state index contributed by atoms with van der Waals surface area (Å²) < 4.78 is 0. The van der Waals surface area contributed by atoms with E-state index in [9.17, 15) is 4.79 Å². The number of hydrogen-bond acceptors (Lipinski definition) is 4. The number of carboxylic acids is 1. The van der Waals surface area contributed by atoms with Gasteiger partial charge in [-0.15, -0.1) is 0 Å². The van der Waals surface area contributed by atoms with Crippen LogP contribution in [0, 0.1) is 0 Å². The number of fused-ring (bicyclic) bond motifs is 1. The van der Waals surface area contributed by atoms with E-state index in [4.69, 9.17) is 15.1 Å². The van der Waals surface area contributed by atoms with Crippen LogP contribution in [0.1, 0.15) is 56.5 Å². The fourth-order valence-corrected chi connectivity index (χ4v) is 4.46. The summed E-state index contributed by atoms with van der Waals surface area (Å²) in [5.74, 6) is -0.700. The number of aromatic nitrogens is 2. The van der Waals surface area contributed by atoms with Gasteiger partial charge in [0.15, 0.2) is 0 Å². The Kier molecular flexibility index (Phi) is 7.28. The molecule has 0 unspecified atom stereocenters. The van der Waals surface area contributed by atoms with Crippen molar-refractivity contribution in [1.82, 2.24) is 14.9 Å². The van der Waals surface area contributed by atoms with Crippen LogP contribution in [0.25, 0.3) is 22.5 Å². The predicted molar refractivity (Wildman–Crippen MR) is 127 cm³/mol. The zero-order valence-electron chi connectivity index (χ0n) is 18.7. The first-order chi connectivity index (χ1) is 15.6. The van der Waals surface area contributed by atoms with Crippen molar-refractivity contribution in [3.63, 3.8) is 0 Å². The maximum atomic E-state index is 10.7. The predicted octanol–water partition coefficient (Wildman–Crippen LogP) is 5.76. The average Bonchev–Trinajstić information content (AvgIpc) is 2.83. The van der Waals surface area contributed by atoms with E-state index in [1.165, 1.54) is 0 Å². The molecule has 1 N–H and O–H groups in total. The van der Waals surface area contributed by atoms with Gasteiger partial charge in [0.05, 0.1) is 28.8 Å². The molecule has 166 valence electrons. The normalized spacial score (nSPS) is 16.0. The molecule has 5 nitrogen and oxygen atoms in total. The van der Waals surface area contributed by atoms with E-state index in [1.807, 2.05) is 36.4 Å². The van der Waals surface area contributed by atoms with Gasteiger partial charge in [0.2, 0.25) is 0 Å². The van der Waals surface area contributed by atoms with E-state index < -0.39 is 5.97 Å². The monoisotopic (exact) mass is 429 g/mol. The molecule has 0 amide bonds. The fourth-order valence-electron chi connectivity index (χ4n) is 4.46. The smallest absolute Gasteiger partial charge is 0.303 e. The first-order valence-corrected chi connectivity index (χ1v) is 11.6. The van der Waals surface area contributed by atoms with E-state index in [2.05, 4.69) is 36.1 Å². The minimum Gasteiger partial charge on any atom is -0.481 e. The Morgan fingerprint density at radius 3 is 2.12 bits per heavy atom. The molecule has 32 heavy (non-hydrogen) atoms. The van der Waals surface area contributed by atoms with E-state index >= 15 is 0 Å². The number of benzene rings is 2. The number of hydrogen-bond donors (Lipinski definition) is 1. The van der Waals surface area contributed by atoms with Gasteiger partial charge < -0.3 is 5.11 Å². The molecule has 0 bridgehead atoms. The van der Waals surface area contributed by atoms with Crippen molar-refractivity contribution in [2.75, 3.05) is 13.1 Å². The molecule has 0 radical (unpaired) electrons. The molecule has 2 aromatic carbocycles. The van der Waals surface area contributed by atoms with E-state index in [-0.39, 0.29) is 12.5 Å². The molecular formula is C27H31N3O2. The minimum absolute atomic E-state index is 0.220. The number of carbonyl (C=O) groups is 1. The number of rotatable bonds is 9. The lowest BCUT2D eigenvalue weighted by Gasteiger charge is -2.34. The summed E-state index contributed by atoms with van der Waals surface area (Å²) in [5, 5.41) is 8.78. The van der Waals surface area contributed by atoms with Gasteiger partial charge in [-0.05, 0) is 26.3 Å². The van der Waals surface area contributed by atoms with E-state index in [1.54, 1.807) is 0 Å². The Balaban J connectivity index is 1.55. The fraction of sp³-hybridized carbons (Fsp3) is 0.370. The Labute approximate surface area is 190 Å². The molecule has 2 heterocycles. The van der Waals surface area contributed by atoms with Crippen molar-refractivity contribution >= 4 is 5.97 Å². The molecule has 0 spiro atoms. The Hall–Kier alpha value is -3.05. The quantitative estimate of drug-likeness (QED) is 0.438. The van der Waals surface area contributed by atoms with Crippen LogP contribution < -0.4 is 0 Å². The maximum Gasteiger partial charge on any atom is 0.303 e. The van der Waals surface area contributed by atoms with E-state index in [0.717, 1.165) is 79.1 Å². The summed E-state index contributed by atoms with van der Waals surface area (Å²) in [6.07, 6.45) is 5.07. The number of aliphatic carboxylic acids is 1. The number of unbranched alkanes of at least 4 members (excludes halogenated alkanes) is 3. The summed E-state index contributed by atoms with van der Waals surface area (Å²) >= 11 is 0. The van der Waals surface area contributed by atoms with Crippen molar-refractivity contribution in [1.29, 1.82) is 0 Å². The number of nitrogens with zero attached hydrogens (tertiary/aromatic N) is 3. The Bertz CT molecular complexity index is 1040. The summed E-state index contributed by atoms with van der Waals surface area (Å²) in [4.78, 5) is 23.5. The zero-order chi connectivity index (χ0) is 22.3. The topological polar surface area (TPSA) is 66.3 Å². The molecule has 1 aromatic heterocycles. The first kappa shape index (κ1) is 22.2. The largest absolute Gasteiger partial charge is 0.481 e. The van der Waals surface area contributed by atoms with Gasteiger partial charge in [0.1, 0.15) is 0 Å². The van der Waals surface area contributed by atoms with Crippen molar-refractivity contribution < 1.29 is 9.90 Å². The molecule has 1 aliphatic heterocycles. The second kappa shape index (κ2) is 10.5. The van der Waals surface area contributed by atoms with Gasteiger partial charge in [-0.3, -0.25) is 9.69 Å². The molecule has 3 aromatic rings. The highest BCUT2D eigenvalue weighted by Crippen LogP contribution is 2.34. The maximum absolute atomic E-state index is 10.7. The van der Waals surface area contributed by atoms with Crippen LogP contribution in [0.3, 0.4) is 0 Å². The van der Waals surface area contributed by atoms with Crippen molar-refractivity contribution in [3.05, 3.63) is 72.1 Å². The Morgan fingerprint density at radius 1 is 0.906 bits per heavy atom. The molecule has 0 saturated carbocycles. The SMILES string of the molecule is C[C@@H]1c2nc(-c3ccccc3)c(-c3ccccc3)nc2CCN1CCCCCCC(=O)O. The molecule has 0 aliphatic carbocycles. The summed E-state index contributed by atoms with van der Waals surface area (Å²) in [5.41, 5.74) is 6.27. The summed E-state index contributed by atoms with van der Waals surface area (Å²) in [6.45, 7) is 4.22. The van der Waals surface area contributed by atoms with Crippen LogP contribution in [-0.2, 0) is 11.2 Å². The highest BCUT2D eigenvalue weighted by atomic mass is 16.4. The van der Waals surface area contributed by atoms with Gasteiger partial charge in [-0.25, -0.2) is 9.97 Å². The van der Waals surface area contributed by atoms with Crippen LogP contribution in [0.4, 0.5) is 0 Å². The third-order valence-corrected chi connectivity index (χ3v) is 6.26. The lowest BCUT2D eigenvalue weighted by atomic mass is 9.98. The van der Waals surface area contributed by atoms with Gasteiger partial charge in [-0.2, -0.15) is 0 Å². The van der Waals surface area contributed by atoms with Crippen LogP contribution in [0.5, 0.6) is 0 Å². The van der Waals surface area contributed by atoms with Crippen LogP contribution in [0.15, 0.2) is 60.7 Å². The first-order valence-electron chi connectivity index (χ1n) is 11.6. The lowest BCUT2D eigenvalue weighted by Crippen LogP contribution is -2.36. The van der Waals surface area contributed by atoms with Crippen LogP contribution in [0.2, 0.25) is 0 Å². The van der Waals surface area contributed by atoms with E-state index in [0.29, 0.717) is 0 Å². The second-order valence-electron chi connectivity index (χ2n) is 8.50. The standard InChI is InChI=1S/C27H31N3O2/c1-20-25-23(17-19-30(20)18-11-3-2-10-16-24(31)32)28-26(21-12-6-4-7-13-21)27(29-25)22-14-8-5-9-15-22/h4-9,12-15,20H,2-3,10-11,16-19H2,1H3,(H,31,32)/t20-/m1/s1. The average molecular weight is 430 g/mol. The Morgan fingerprint density at radius 2 is 1.50 bits per heavy atom. The number of carboxylic acid groups (broad SMARTS) is 1. The third-order valence-electron chi connectivity index (χ3n) is 6.26. The van der Waals surface area contributed by atoms with Gasteiger partial charge in [0.25, 0.3) is 0 Å². The molecule has 5 heteroatoms. The lowest BCUT2D eigenvalue weighted by molar-refractivity contribution is -0.137. The van der Waals surface area contributed by atoms with Crippen molar-refractivity contribution in [3.8, 4) is 22.5 Å². The van der Waals surface area contributed by atoms with Crippen molar-refractivity contribution in [2.45, 2.75) is 51.5 Å².